The first-order valence-corrected chi connectivity index (χ1v) is 6.18. The number of nitrogen functional groups attached to an aromatic ring is 1. The van der Waals surface area contributed by atoms with Crippen molar-refractivity contribution in [2.75, 3.05) is 5.73 Å². The van der Waals surface area contributed by atoms with Gasteiger partial charge in [0, 0.05) is 11.8 Å². The van der Waals surface area contributed by atoms with Gasteiger partial charge >= 0.3 is 0 Å². The van der Waals surface area contributed by atoms with Crippen LogP contribution in [0.2, 0.25) is 10.0 Å². The molecule has 0 spiro atoms. The van der Waals surface area contributed by atoms with Gasteiger partial charge in [0.2, 0.25) is 0 Å². The Morgan fingerprint density at radius 1 is 1.42 bits per heavy atom. The van der Waals surface area contributed by atoms with Gasteiger partial charge < -0.3 is 15.6 Å². The molecule has 0 atom stereocenters. The minimum atomic E-state index is -0.375. The molecule has 0 saturated carbocycles. The Hall–Kier alpha value is -1.72. The standard InChI is InChI=1S/C12H11Cl2N3O2/c1-6-2-8(17-19-6)5-16-12(18)9-3-7(15)4-10(13)11(9)14/h2-4H,5,15H2,1H3,(H,16,18). The van der Waals surface area contributed by atoms with E-state index in [0.29, 0.717) is 17.1 Å². The average molecular weight is 300 g/mol. The van der Waals surface area contributed by atoms with E-state index in [4.69, 9.17) is 33.5 Å². The first-order valence-electron chi connectivity index (χ1n) is 5.42. The molecule has 0 aliphatic rings. The molecular weight excluding hydrogens is 289 g/mol. The van der Waals surface area contributed by atoms with Crippen LogP contribution in [0.3, 0.4) is 0 Å². The van der Waals surface area contributed by atoms with Crippen LogP contribution in [0, 0.1) is 6.92 Å². The van der Waals surface area contributed by atoms with Gasteiger partial charge in [-0.25, -0.2) is 0 Å². The highest BCUT2D eigenvalue weighted by Crippen LogP contribution is 2.28. The van der Waals surface area contributed by atoms with Gasteiger partial charge in [0.15, 0.2) is 0 Å². The second-order valence-electron chi connectivity index (χ2n) is 3.98. The summed E-state index contributed by atoms with van der Waals surface area (Å²) in [6, 6.07) is 4.69. The van der Waals surface area contributed by atoms with Gasteiger partial charge in [0.25, 0.3) is 5.91 Å². The Balaban J connectivity index is 2.12. The first-order chi connectivity index (χ1) is 8.97. The Morgan fingerprint density at radius 2 is 2.16 bits per heavy atom. The summed E-state index contributed by atoms with van der Waals surface area (Å²) in [7, 11) is 0. The van der Waals surface area contributed by atoms with E-state index in [9.17, 15) is 4.79 Å². The zero-order valence-corrected chi connectivity index (χ0v) is 11.5. The number of amides is 1. The lowest BCUT2D eigenvalue weighted by molar-refractivity contribution is 0.0950. The zero-order chi connectivity index (χ0) is 14.0. The second kappa shape index (κ2) is 5.50. The van der Waals surface area contributed by atoms with Crippen LogP contribution in [0.1, 0.15) is 21.8 Å². The molecule has 0 fully saturated rings. The smallest absolute Gasteiger partial charge is 0.253 e. The normalized spacial score (nSPS) is 10.5. The molecule has 5 nitrogen and oxygen atoms in total. The summed E-state index contributed by atoms with van der Waals surface area (Å²) in [5.41, 5.74) is 6.85. The highest BCUT2D eigenvalue weighted by molar-refractivity contribution is 6.44. The number of nitrogens with one attached hydrogen (secondary N) is 1. The van der Waals surface area contributed by atoms with Crippen molar-refractivity contribution in [3.8, 4) is 0 Å². The molecule has 0 bridgehead atoms. The molecule has 7 heteroatoms. The van der Waals surface area contributed by atoms with E-state index in [1.165, 1.54) is 12.1 Å². The third kappa shape index (κ3) is 3.19. The predicted octanol–water partition coefficient (Wildman–Crippen LogP) is 2.80. The number of aromatic nitrogens is 1. The van der Waals surface area contributed by atoms with Crippen molar-refractivity contribution in [3.05, 3.63) is 45.3 Å². The van der Waals surface area contributed by atoms with E-state index in [1.807, 2.05) is 0 Å². The van der Waals surface area contributed by atoms with Crippen LogP contribution in [0.4, 0.5) is 5.69 Å². The van der Waals surface area contributed by atoms with E-state index in [0.717, 1.165) is 0 Å². The maximum atomic E-state index is 12.0. The monoisotopic (exact) mass is 299 g/mol. The molecule has 1 aromatic heterocycles. The summed E-state index contributed by atoms with van der Waals surface area (Å²) in [6.07, 6.45) is 0. The molecule has 0 unspecified atom stereocenters. The van der Waals surface area contributed by atoms with Crippen molar-refractivity contribution in [2.45, 2.75) is 13.5 Å². The van der Waals surface area contributed by atoms with E-state index in [2.05, 4.69) is 10.5 Å². The van der Waals surface area contributed by atoms with Crippen LogP contribution >= 0.6 is 23.2 Å². The molecule has 3 N–H and O–H groups in total. The topological polar surface area (TPSA) is 81.2 Å². The summed E-state index contributed by atoms with van der Waals surface area (Å²) in [6.45, 7) is 2.01. The van der Waals surface area contributed by atoms with Crippen molar-refractivity contribution in [1.82, 2.24) is 10.5 Å². The molecule has 0 radical (unpaired) electrons. The Bertz CT molecular complexity index is 625. The quantitative estimate of drug-likeness (QED) is 0.854. The minimum absolute atomic E-state index is 0.171. The number of aryl methyl sites for hydroxylation is 1. The molecule has 19 heavy (non-hydrogen) atoms. The number of hydrogen-bond acceptors (Lipinski definition) is 4. The minimum Gasteiger partial charge on any atom is -0.399 e. The highest BCUT2D eigenvalue weighted by Gasteiger charge is 2.14. The molecule has 1 heterocycles. The molecule has 2 rings (SSSR count). The van der Waals surface area contributed by atoms with Crippen molar-refractivity contribution in [1.29, 1.82) is 0 Å². The van der Waals surface area contributed by atoms with E-state index >= 15 is 0 Å². The fourth-order valence-corrected chi connectivity index (χ4v) is 1.97. The Labute approximate surface area is 119 Å². The fourth-order valence-electron chi connectivity index (χ4n) is 1.54. The lowest BCUT2D eigenvalue weighted by Gasteiger charge is -2.07. The molecule has 0 aliphatic carbocycles. The maximum Gasteiger partial charge on any atom is 0.253 e. The molecular formula is C12H11Cl2N3O2. The van der Waals surface area contributed by atoms with Crippen LogP contribution in [0.5, 0.6) is 0 Å². The van der Waals surface area contributed by atoms with Crippen molar-refractivity contribution in [3.63, 3.8) is 0 Å². The largest absolute Gasteiger partial charge is 0.399 e. The van der Waals surface area contributed by atoms with Crippen LogP contribution in [0.15, 0.2) is 22.7 Å². The molecule has 0 saturated heterocycles. The number of halogens is 2. The maximum absolute atomic E-state index is 12.0. The lowest BCUT2D eigenvalue weighted by Crippen LogP contribution is -2.23. The van der Waals surface area contributed by atoms with Crippen molar-refractivity contribution < 1.29 is 9.32 Å². The molecule has 100 valence electrons. The average Bonchev–Trinajstić information content (AvgIpc) is 2.76. The van der Waals surface area contributed by atoms with Gasteiger partial charge in [0.05, 0.1) is 22.2 Å². The van der Waals surface area contributed by atoms with Gasteiger partial charge in [-0.05, 0) is 19.1 Å². The van der Waals surface area contributed by atoms with Gasteiger partial charge in [0.1, 0.15) is 11.5 Å². The van der Waals surface area contributed by atoms with Gasteiger partial charge in [-0.1, -0.05) is 28.4 Å². The molecule has 1 aromatic carbocycles. The highest BCUT2D eigenvalue weighted by atomic mass is 35.5. The summed E-state index contributed by atoms with van der Waals surface area (Å²) in [4.78, 5) is 12.0. The number of carbonyl (C=O) groups excluding carboxylic acids is 1. The fraction of sp³-hybridized carbons (Fsp3) is 0.167. The van der Waals surface area contributed by atoms with Crippen LogP contribution in [-0.2, 0) is 6.54 Å². The van der Waals surface area contributed by atoms with Crippen molar-refractivity contribution >= 4 is 34.8 Å². The zero-order valence-electron chi connectivity index (χ0n) is 10.0. The third-order valence-corrected chi connectivity index (χ3v) is 3.20. The third-order valence-electron chi connectivity index (χ3n) is 2.40. The number of hydrogen-bond donors (Lipinski definition) is 2. The van der Waals surface area contributed by atoms with E-state index < -0.39 is 0 Å². The van der Waals surface area contributed by atoms with Crippen LogP contribution in [0.25, 0.3) is 0 Å². The van der Waals surface area contributed by atoms with Crippen LogP contribution < -0.4 is 11.1 Å². The summed E-state index contributed by atoms with van der Waals surface area (Å²) < 4.78 is 4.90. The predicted molar refractivity (Wildman–Crippen MR) is 73.3 cm³/mol. The number of nitrogens with two attached hydrogens (primary N) is 1. The SMILES string of the molecule is Cc1cc(CNC(=O)c2cc(N)cc(Cl)c2Cl)no1. The molecule has 2 aromatic rings. The Morgan fingerprint density at radius 3 is 2.79 bits per heavy atom. The summed E-state index contributed by atoms with van der Waals surface area (Å²) in [5, 5.41) is 6.84. The molecule has 0 aliphatic heterocycles. The van der Waals surface area contributed by atoms with E-state index in [1.54, 1.807) is 13.0 Å². The summed E-state index contributed by atoms with van der Waals surface area (Å²) in [5.74, 6) is 0.300. The van der Waals surface area contributed by atoms with Gasteiger partial charge in [-0.3, -0.25) is 4.79 Å². The van der Waals surface area contributed by atoms with Crippen molar-refractivity contribution in [2.24, 2.45) is 0 Å². The summed E-state index contributed by atoms with van der Waals surface area (Å²) >= 11 is 11.8. The van der Waals surface area contributed by atoms with E-state index in [-0.39, 0.29) is 28.1 Å². The number of anilines is 1. The van der Waals surface area contributed by atoms with Gasteiger partial charge in [-0.2, -0.15) is 0 Å². The Kier molecular flexibility index (Phi) is 3.97. The second-order valence-corrected chi connectivity index (χ2v) is 4.76. The number of rotatable bonds is 3. The number of nitrogens with zero attached hydrogens (tertiary/aromatic N) is 1. The number of carbonyl (C=O) groups is 1. The lowest BCUT2D eigenvalue weighted by atomic mass is 10.2. The molecule has 1 amide bonds. The van der Waals surface area contributed by atoms with Crippen LogP contribution in [-0.4, -0.2) is 11.1 Å². The number of benzene rings is 1. The first kappa shape index (κ1) is 13.7. The van der Waals surface area contributed by atoms with Gasteiger partial charge in [-0.15, -0.1) is 0 Å².